The van der Waals surface area contributed by atoms with Gasteiger partial charge >= 0.3 is 17.8 Å². The van der Waals surface area contributed by atoms with Gasteiger partial charge in [0.25, 0.3) is 0 Å². The Morgan fingerprint density at radius 3 is 2.31 bits per heavy atom. The van der Waals surface area contributed by atoms with Crippen LogP contribution in [0.5, 0.6) is 5.75 Å². The van der Waals surface area contributed by atoms with Crippen LogP contribution < -0.4 is 10.4 Å². The Balaban J connectivity index is 1.99. The van der Waals surface area contributed by atoms with E-state index in [1.54, 1.807) is 27.7 Å². The van der Waals surface area contributed by atoms with Gasteiger partial charge in [-0.05, 0) is 39.3 Å². The lowest BCUT2D eigenvalue weighted by molar-refractivity contribution is -0.176. The first-order valence-corrected chi connectivity index (χ1v) is 12.2. The lowest BCUT2D eigenvalue weighted by atomic mass is 10.1. The quantitative estimate of drug-likeness (QED) is 0.256. The molecule has 0 amide bonds. The van der Waals surface area contributed by atoms with Crippen molar-refractivity contribution >= 4 is 5.97 Å². The molecule has 2 atom stereocenters. The van der Waals surface area contributed by atoms with Crippen LogP contribution in [0.3, 0.4) is 0 Å². The van der Waals surface area contributed by atoms with Crippen molar-refractivity contribution in [1.29, 1.82) is 0 Å². The second kappa shape index (κ2) is 11.6. The summed E-state index contributed by atoms with van der Waals surface area (Å²) in [5.74, 6) is -4.12. The summed E-state index contributed by atoms with van der Waals surface area (Å²) >= 11 is 0. The summed E-state index contributed by atoms with van der Waals surface area (Å²) in [5.41, 5.74) is -1.65. The molecule has 0 bridgehead atoms. The molecule has 0 spiro atoms. The fourth-order valence-corrected chi connectivity index (χ4v) is 3.46. The van der Waals surface area contributed by atoms with E-state index in [2.05, 4.69) is 5.10 Å². The highest BCUT2D eigenvalue weighted by Crippen LogP contribution is 2.31. The first-order chi connectivity index (χ1) is 18.1. The van der Waals surface area contributed by atoms with E-state index >= 15 is 4.39 Å². The number of carbonyl (C=O) groups excluding carboxylic acids is 1. The standard InChI is InChI=1S/C27H31F4N3O5/c1-16(27(29,30)31)14-38-22-13-21(20(28)12-19(22)24(35)39-26(3,4)5)34-25(36)33(6)23(32-34)17(2)37-15-18-10-8-7-9-11-18/h7-13,16-17H,14-15H2,1-6H3/t16-,17+/m1/s1. The molecular formula is C27H31F4N3O5. The second-order valence-corrected chi connectivity index (χ2v) is 10.1. The molecule has 0 aliphatic heterocycles. The number of benzene rings is 2. The Kier molecular flexibility index (Phi) is 8.89. The molecule has 0 aliphatic rings. The molecule has 8 nitrogen and oxygen atoms in total. The van der Waals surface area contributed by atoms with Gasteiger partial charge in [0.2, 0.25) is 0 Å². The highest BCUT2D eigenvalue weighted by atomic mass is 19.4. The van der Waals surface area contributed by atoms with Crippen LogP contribution in [0.15, 0.2) is 47.3 Å². The van der Waals surface area contributed by atoms with Crippen molar-refractivity contribution in [1.82, 2.24) is 14.3 Å². The summed E-state index contributed by atoms with van der Waals surface area (Å²) in [5, 5.41) is 4.21. The maximum Gasteiger partial charge on any atom is 0.394 e. The van der Waals surface area contributed by atoms with Gasteiger partial charge in [0, 0.05) is 13.1 Å². The number of nitrogens with zero attached hydrogens (tertiary/aromatic N) is 3. The Morgan fingerprint density at radius 2 is 1.72 bits per heavy atom. The molecular weight excluding hydrogens is 522 g/mol. The average Bonchev–Trinajstić information content (AvgIpc) is 3.14. The topological polar surface area (TPSA) is 84.6 Å². The van der Waals surface area contributed by atoms with Crippen LogP contribution in [0.1, 0.15) is 62.5 Å². The summed E-state index contributed by atoms with van der Waals surface area (Å²) in [6.07, 6.45) is -5.23. The molecule has 3 aromatic rings. The van der Waals surface area contributed by atoms with E-state index < -0.39 is 59.1 Å². The zero-order valence-corrected chi connectivity index (χ0v) is 22.5. The van der Waals surface area contributed by atoms with E-state index in [0.717, 1.165) is 29.3 Å². The minimum absolute atomic E-state index is 0.180. The summed E-state index contributed by atoms with van der Waals surface area (Å²) in [6, 6.07) is 11.0. The molecule has 12 heteroatoms. The van der Waals surface area contributed by atoms with Gasteiger partial charge < -0.3 is 14.2 Å². The third-order valence-corrected chi connectivity index (χ3v) is 5.66. The third-order valence-electron chi connectivity index (χ3n) is 5.66. The summed E-state index contributed by atoms with van der Waals surface area (Å²) in [4.78, 5) is 25.7. The van der Waals surface area contributed by atoms with Gasteiger partial charge in [-0.2, -0.15) is 17.9 Å². The van der Waals surface area contributed by atoms with Crippen LogP contribution in [0.25, 0.3) is 5.69 Å². The summed E-state index contributed by atoms with van der Waals surface area (Å²) < 4.78 is 72.9. The summed E-state index contributed by atoms with van der Waals surface area (Å²) in [7, 11) is 1.43. The monoisotopic (exact) mass is 553 g/mol. The van der Waals surface area contributed by atoms with E-state index in [-0.39, 0.29) is 18.2 Å². The van der Waals surface area contributed by atoms with Gasteiger partial charge in [0.15, 0.2) is 5.82 Å². The number of alkyl halides is 3. The van der Waals surface area contributed by atoms with Crippen molar-refractivity contribution in [3.8, 4) is 11.4 Å². The van der Waals surface area contributed by atoms with Gasteiger partial charge in [0.05, 0.1) is 19.1 Å². The lowest BCUT2D eigenvalue weighted by Gasteiger charge is -2.22. The minimum atomic E-state index is -4.56. The minimum Gasteiger partial charge on any atom is -0.492 e. The van der Waals surface area contributed by atoms with Gasteiger partial charge in [-0.1, -0.05) is 37.3 Å². The van der Waals surface area contributed by atoms with Crippen molar-refractivity contribution in [3.05, 3.63) is 75.7 Å². The number of aromatic nitrogens is 3. The predicted molar refractivity (Wildman–Crippen MR) is 134 cm³/mol. The van der Waals surface area contributed by atoms with Crippen LogP contribution in [-0.2, 0) is 23.1 Å². The second-order valence-electron chi connectivity index (χ2n) is 10.1. The lowest BCUT2D eigenvalue weighted by Crippen LogP contribution is -2.28. The van der Waals surface area contributed by atoms with E-state index in [1.165, 1.54) is 11.6 Å². The Hall–Kier alpha value is -3.67. The van der Waals surface area contributed by atoms with Crippen molar-refractivity contribution in [2.75, 3.05) is 6.61 Å². The van der Waals surface area contributed by atoms with Crippen LogP contribution >= 0.6 is 0 Å². The first-order valence-electron chi connectivity index (χ1n) is 12.2. The van der Waals surface area contributed by atoms with Crippen LogP contribution in [-0.4, -0.2) is 38.7 Å². The number of esters is 1. The van der Waals surface area contributed by atoms with Gasteiger partial charge in [-0.3, -0.25) is 4.57 Å². The third kappa shape index (κ3) is 7.47. The predicted octanol–water partition coefficient (Wildman–Crippen LogP) is 5.52. The number of rotatable bonds is 9. The molecule has 2 aromatic carbocycles. The van der Waals surface area contributed by atoms with Crippen molar-refractivity contribution in [3.63, 3.8) is 0 Å². The highest BCUT2D eigenvalue weighted by molar-refractivity contribution is 5.93. The number of hydrogen-bond acceptors (Lipinski definition) is 6. The Bertz CT molecular complexity index is 1360. The number of hydrogen-bond donors (Lipinski definition) is 0. The number of halogens is 4. The molecule has 0 N–H and O–H groups in total. The average molecular weight is 554 g/mol. The molecule has 0 aliphatic carbocycles. The molecule has 0 fully saturated rings. The van der Waals surface area contributed by atoms with E-state index in [4.69, 9.17) is 14.2 Å². The Morgan fingerprint density at radius 1 is 1.08 bits per heavy atom. The molecule has 212 valence electrons. The van der Waals surface area contributed by atoms with Crippen LogP contribution in [0, 0.1) is 11.7 Å². The van der Waals surface area contributed by atoms with E-state index in [9.17, 15) is 22.8 Å². The van der Waals surface area contributed by atoms with Crippen molar-refractivity contribution in [2.24, 2.45) is 13.0 Å². The fourth-order valence-electron chi connectivity index (χ4n) is 3.46. The van der Waals surface area contributed by atoms with Gasteiger partial charge in [-0.15, -0.1) is 5.10 Å². The smallest absolute Gasteiger partial charge is 0.394 e. The molecule has 1 heterocycles. The molecule has 3 rings (SSSR count). The van der Waals surface area contributed by atoms with Crippen molar-refractivity contribution in [2.45, 2.75) is 59.1 Å². The fraction of sp³-hybridized carbons (Fsp3) is 0.444. The van der Waals surface area contributed by atoms with Crippen molar-refractivity contribution < 1.29 is 36.6 Å². The zero-order valence-electron chi connectivity index (χ0n) is 22.5. The number of ether oxygens (including phenoxy) is 3. The molecule has 0 saturated heterocycles. The van der Waals surface area contributed by atoms with Crippen LogP contribution in [0.4, 0.5) is 17.6 Å². The maximum absolute atomic E-state index is 15.3. The largest absolute Gasteiger partial charge is 0.492 e. The molecule has 1 aromatic heterocycles. The van der Waals surface area contributed by atoms with E-state index in [0.29, 0.717) is 0 Å². The molecule has 0 saturated carbocycles. The maximum atomic E-state index is 15.3. The van der Waals surface area contributed by atoms with Gasteiger partial charge in [0.1, 0.15) is 34.5 Å². The highest BCUT2D eigenvalue weighted by Gasteiger charge is 2.37. The first kappa shape index (κ1) is 29.9. The summed E-state index contributed by atoms with van der Waals surface area (Å²) in [6.45, 7) is 6.70. The molecule has 0 radical (unpaired) electrons. The zero-order chi connectivity index (χ0) is 29.1. The normalized spacial score (nSPS) is 13.7. The van der Waals surface area contributed by atoms with E-state index in [1.807, 2.05) is 30.3 Å². The Labute approximate surface area is 223 Å². The number of carbonyl (C=O) groups is 1. The van der Waals surface area contributed by atoms with Gasteiger partial charge in [-0.25, -0.2) is 14.0 Å². The van der Waals surface area contributed by atoms with Crippen LogP contribution in [0.2, 0.25) is 0 Å². The molecule has 39 heavy (non-hydrogen) atoms. The molecule has 0 unspecified atom stereocenters. The SMILES string of the molecule is C[C@H](OCc1ccccc1)c1nn(-c2cc(OC[C@@H](C)C(F)(F)F)c(C(=O)OC(C)(C)C)cc2F)c(=O)n1C.